The fraction of sp³-hybridized carbons (Fsp3) is 0.588. The van der Waals surface area contributed by atoms with Crippen LogP contribution in [0.1, 0.15) is 19.4 Å². The molecule has 1 amide bonds. The molecule has 128 valence electrons. The molecule has 6 heteroatoms. The fourth-order valence-electron chi connectivity index (χ4n) is 2.92. The van der Waals surface area contributed by atoms with E-state index in [1.54, 1.807) is 32.4 Å². The highest BCUT2D eigenvalue weighted by atomic mass is 35.5. The standard InChI is InChI=1S/C17H24ClNO4/c1-17(2)11-19(9-14(23-17)10-21-3)16(20)8-12-7-13(18)5-6-15(12)22-4/h5-7,14H,8-11H2,1-4H3/t14-/m0/s1. The quantitative estimate of drug-likeness (QED) is 0.825. The number of ether oxygens (including phenoxy) is 3. The maximum absolute atomic E-state index is 12.7. The van der Waals surface area contributed by atoms with Crippen LogP contribution in [0, 0.1) is 0 Å². The topological polar surface area (TPSA) is 48.0 Å². The third kappa shape index (κ3) is 4.83. The van der Waals surface area contributed by atoms with Gasteiger partial charge < -0.3 is 19.1 Å². The van der Waals surface area contributed by atoms with Crippen molar-refractivity contribution in [3.63, 3.8) is 0 Å². The van der Waals surface area contributed by atoms with Gasteiger partial charge in [0, 0.05) is 30.8 Å². The van der Waals surface area contributed by atoms with E-state index in [1.165, 1.54) is 0 Å². The average Bonchev–Trinajstić information content (AvgIpc) is 2.46. The molecule has 0 aromatic heterocycles. The molecule has 0 radical (unpaired) electrons. The molecule has 1 atom stereocenters. The molecule has 1 fully saturated rings. The SMILES string of the molecule is COC[C@@H]1CN(C(=O)Cc2cc(Cl)ccc2OC)CC(C)(C)O1. The second-order valence-electron chi connectivity index (χ2n) is 6.36. The monoisotopic (exact) mass is 341 g/mol. The molecular formula is C17H24ClNO4. The Morgan fingerprint density at radius 1 is 1.43 bits per heavy atom. The van der Waals surface area contributed by atoms with Crippen LogP contribution in [0.15, 0.2) is 18.2 Å². The molecule has 1 heterocycles. The van der Waals surface area contributed by atoms with Gasteiger partial charge in [0.15, 0.2) is 0 Å². The zero-order valence-electron chi connectivity index (χ0n) is 14.1. The molecule has 1 aromatic carbocycles. The lowest BCUT2D eigenvalue weighted by atomic mass is 10.0. The molecule has 1 saturated heterocycles. The minimum Gasteiger partial charge on any atom is -0.496 e. The van der Waals surface area contributed by atoms with Gasteiger partial charge in [0.25, 0.3) is 0 Å². The smallest absolute Gasteiger partial charge is 0.227 e. The van der Waals surface area contributed by atoms with Gasteiger partial charge in [0.1, 0.15) is 5.75 Å². The van der Waals surface area contributed by atoms with Gasteiger partial charge in [0.05, 0.1) is 31.8 Å². The van der Waals surface area contributed by atoms with Gasteiger partial charge in [-0.25, -0.2) is 0 Å². The lowest BCUT2D eigenvalue weighted by molar-refractivity contribution is -0.168. The number of hydrogen-bond donors (Lipinski definition) is 0. The summed E-state index contributed by atoms with van der Waals surface area (Å²) in [6.07, 6.45) is 0.133. The summed E-state index contributed by atoms with van der Waals surface area (Å²) < 4.78 is 16.4. The number of halogens is 1. The predicted molar refractivity (Wildman–Crippen MR) is 89.1 cm³/mol. The molecule has 1 aromatic rings. The highest BCUT2D eigenvalue weighted by Crippen LogP contribution is 2.26. The van der Waals surface area contributed by atoms with Crippen molar-refractivity contribution in [1.82, 2.24) is 4.90 Å². The van der Waals surface area contributed by atoms with E-state index in [-0.39, 0.29) is 18.4 Å². The van der Waals surface area contributed by atoms with Crippen LogP contribution in [-0.4, -0.2) is 56.4 Å². The molecule has 0 N–H and O–H groups in total. The molecular weight excluding hydrogens is 318 g/mol. The zero-order valence-corrected chi connectivity index (χ0v) is 14.9. The van der Waals surface area contributed by atoms with Gasteiger partial charge in [-0.05, 0) is 32.0 Å². The van der Waals surface area contributed by atoms with Crippen LogP contribution in [0.25, 0.3) is 0 Å². The second kappa shape index (κ2) is 7.51. The first-order valence-electron chi connectivity index (χ1n) is 7.61. The first-order valence-corrected chi connectivity index (χ1v) is 7.99. The molecule has 5 nitrogen and oxygen atoms in total. The Balaban J connectivity index is 2.12. The number of carbonyl (C=O) groups is 1. The molecule has 0 saturated carbocycles. The number of nitrogens with zero attached hydrogens (tertiary/aromatic N) is 1. The molecule has 0 bridgehead atoms. The number of rotatable bonds is 5. The van der Waals surface area contributed by atoms with Crippen molar-refractivity contribution < 1.29 is 19.0 Å². The van der Waals surface area contributed by atoms with Crippen molar-refractivity contribution in [2.45, 2.75) is 32.0 Å². The number of hydrogen-bond acceptors (Lipinski definition) is 4. The van der Waals surface area contributed by atoms with Gasteiger partial charge in [-0.3, -0.25) is 4.79 Å². The third-order valence-corrected chi connectivity index (χ3v) is 4.01. The van der Waals surface area contributed by atoms with Crippen LogP contribution in [0.2, 0.25) is 5.02 Å². The predicted octanol–water partition coefficient (Wildman–Crippen LogP) is 2.54. The maximum Gasteiger partial charge on any atom is 0.227 e. The number of amides is 1. The van der Waals surface area contributed by atoms with E-state index in [4.69, 9.17) is 25.8 Å². The van der Waals surface area contributed by atoms with Crippen LogP contribution in [0.4, 0.5) is 0 Å². The van der Waals surface area contributed by atoms with Crippen molar-refractivity contribution in [3.8, 4) is 5.75 Å². The molecule has 0 aliphatic carbocycles. The summed E-state index contributed by atoms with van der Waals surface area (Å²) in [6, 6.07) is 5.30. The molecule has 2 rings (SSSR count). The van der Waals surface area contributed by atoms with E-state index in [0.29, 0.717) is 30.5 Å². The van der Waals surface area contributed by atoms with E-state index in [0.717, 1.165) is 5.56 Å². The van der Waals surface area contributed by atoms with Crippen molar-refractivity contribution in [2.75, 3.05) is 33.9 Å². The Labute approximate surface area is 142 Å². The lowest BCUT2D eigenvalue weighted by Gasteiger charge is -2.42. The van der Waals surface area contributed by atoms with Gasteiger partial charge in [-0.1, -0.05) is 11.6 Å². The number of methoxy groups -OCH3 is 2. The van der Waals surface area contributed by atoms with E-state index in [1.807, 2.05) is 18.7 Å². The van der Waals surface area contributed by atoms with Crippen molar-refractivity contribution in [1.29, 1.82) is 0 Å². The summed E-state index contributed by atoms with van der Waals surface area (Å²) in [7, 11) is 3.22. The normalized spacial score (nSPS) is 20.4. The Morgan fingerprint density at radius 3 is 2.83 bits per heavy atom. The van der Waals surface area contributed by atoms with Crippen LogP contribution in [0.5, 0.6) is 5.75 Å². The highest BCUT2D eigenvalue weighted by molar-refractivity contribution is 6.30. The summed E-state index contributed by atoms with van der Waals surface area (Å²) in [5, 5.41) is 0.591. The Morgan fingerprint density at radius 2 is 2.17 bits per heavy atom. The van der Waals surface area contributed by atoms with Gasteiger partial charge in [-0.15, -0.1) is 0 Å². The first kappa shape index (κ1) is 18.0. The van der Waals surface area contributed by atoms with Crippen LogP contribution in [-0.2, 0) is 20.7 Å². The Hall–Kier alpha value is -1.30. The zero-order chi connectivity index (χ0) is 17.0. The average molecular weight is 342 g/mol. The van der Waals surface area contributed by atoms with Crippen molar-refractivity contribution in [2.24, 2.45) is 0 Å². The van der Waals surface area contributed by atoms with E-state index in [9.17, 15) is 4.79 Å². The summed E-state index contributed by atoms with van der Waals surface area (Å²) in [6.45, 7) is 5.51. The number of morpholine rings is 1. The largest absolute Gasteiger partial charge is 0.496 e. The van der Waals surface area contributed by atoms with E-state index >= 15 is 0 Å². The van der Waals surface area contributed by atoms with Gasteiger partial charge >= 0.3 is 0 Å². The van der Waals surface area contributed by atoms with E-state index < -0.39 is 5.60 Å². The third-order valence-electron chi connectivity index (χ3n) is 3.77. The molecule has 0 unspecified atom stereocenters. The molecule has 0 spiro atoms. The second-order valence-corrected chi connectivity index (χ2v) is 6.80. The number of carbonyl (C=O) groups excluding carboxylic acids is 1. The number of benzene rings is 1. The minimum absolute atomic E-state index is 0.0306. The minimum atomic E-state index is -0.393. The van der Waals surface area contributed by atoms with E-state index in [2.05, 4.69) is 0 Å². The van der Waals surface area contributed by atoms with Gasteiger partial charge in [0.2, 0.25) is 5.91 Å². The van der Waals surface area contributed by atoms with Crippen LogP contribution in [0.3, 0.4) is 0 Å². The van der Waals surface area contributed by atoms with Gasteiger partial charge in [-0.2, -0.15) is 0 Å². The summed E-state index contributed by atoms with van der Waals surface area (Å²) >= 11 is 6.04. The Kier molecular flexibility index (Phi) is 5.89. The molecule has 23 heavy (non-hydrogen) atoms. The fourth-order valence-corrected chi connectivity index (χ4v) is 3.11. The summed E-state index contributed by atoms with van der Waals surface area (Å²) in [5.74, 6) is 0.701. The lowest BCUT2D eigenvalue weighted by Crippen LogP contribution is -2.56. The highest BCUT2D eigenvalue weighted by Gasteiger charge is 2.35. The van der Waals surface area contributed by atoms with Crippen molar-refractivity contribution in [3.05, 3.63) is 28.8 Å². The molecule has 1 aliphatic heterocycles. The van der Waals surface area contributed by atoms with Crippen LogP contribution >= 0.6 is 11.6 Å². The summed E-state index contributed by atoms with van der Waals surface area (Å²) in [5.41, 5.74) is 0.396. The molecule has 1 aliphatic rings. The first-order chi connectivity index (χ1) is 10.8. The summed E-state index contributed by atoms with van der Waals surface area (Å²) in [4.78, 5) is 14.5. The Bertz CT molecular complexity index is 562. The van der Waals surface area contributed by atoms with Crippen LogP contribution < -0.4 is 4.74 Å². The maximum atomic E-state index is 12.7. The van der Waals surface area contributed by atoms with Crippen molar-refractivity contribution >= 4 is 17.5 Å².